The zero-order valence-corrected chi connectivity index (χ0v) is 18.5. The predicted octanol–water partition coefficient (Wildman–Crippen LogP) is 8.30. The molecular weight excluding hydrogens is 354 g/mol. The van der Waals surface area contributed by atoms with Crippen molar-refractivity contribution in [3.63, 3.8) is 0 Å². The van der Waals surface area contributed by atoms with Gasteiger partial charge < -0.3 is 4.74 Å². The molecule has 0 N–H and O–H groups in total. The van der Waals surface area contributed by atoms with E-state index in [-0.39, 0.29) is 0 Å². The molecule has 2 aromatic rings. The summed E-state index contributed by atoms with van der Waals surface area (Å²) in [6.45, 7) is 5.16. The topological polar surface area (TPSA) is 21.6 Å². The maximum Gasteiger partial charge on any atom is 0.119 e. The van der Waals surface area contributed by atoms with Crippen molar-refractivity contribution in [1.29, 1.82) is 0 Å². The van der Waals surface area contributed by atoms with E-state index >= 15 is 0 Å². The second kappa shape index (κ2) is 14.8. The molecule has 0 bridgehead atoms. The normalized spacial score (nSPS) is 11.2. The molecule has 158 valence electrons. The second-order valence-electron chi connectivity index (χ2n) is 7.92. The first-order valence-corrected chi connectivity index (χ1v) is 11.7. The van der Waals surface area contributed by atoms with Gasteiger partial charge in [-0.05, 0) is 66.8 Å². The van der Waals surface area contributed by atoms with Crippen molar-refractivity contribution in [3.05, 3.63) is 59.7 Å². The molecule has 0 aliphatic heterocycles. The van der Waals surface area contributed by atoms with Crippen molar-refractivity contribution in [3.8, 4) is 5.75 Å². The van der Waals surface area contributed by atoms with Crippen LogP contribution in [0.25, 0.3) is 0 Å². The van der Waals surface area contributed by atoms with Crippen molar-refractivity contribution >= 4 is 11.9 Å². The molecular formula is C27H39NO. The lowest BCUT2D eigenvalue weighted by Gasteiger charge is -2.04. The molecule has 0 aromatic heterocycles. The number of aliphatic imine (C=N–C) groups is 1. The minimum atomic E-state index is 0.763. The molecule has 2 rings (SSSR count). The highest BCUT2D eigenvalue weighted by Gasteiger charge is 1.97. The molecule has 0 saturated heterocycles. The average Bonchev–Trinajstić information content (AvgIpc) is 2.76. The van der Waals surface area contributed by atoms with Crippen molar-refractivity contribution in [2.45, 2.75) is 84.5 Å². The fourth-order valence-corrected chi connectivity index (χ4v) is 3.41. The Morgan fingerprint density at radius 1 is 0.690 bits per heavy atom. The minimum absolute atomic E-state index is 0.763. The Morgan fingerprint density at radius 3 is 1.93 bits per heavy atom. The van der Waals surface area contributed by atoms with Crippen LogP contribution in [0.1, 0.15) is 89.2 Å². The van der Waals surface area contributed by atoms with Gasteiger partial charge in [-0.3, -0.25) is 4.99 Å². The van der Waals surface area contributed by atoms with Gasteiger partial charge in [0.2, 0.25) is 0 Å². The molecule has 0 aliphatic rings. The Labute approximate surface area is 178 Å². The van der Waals surface area contributed by atoms with Crippen LogP contribution in [0.3, 0.4) is 0 Å². The summed E-state index contributed by atoms with van der Waals surface area (Å²) in [7, 11) is 0. The maximum absolute atomic E-state index is 5.62. The summed E-state index contributed by atoms with van der Waals surface area (Å²) in [6, 6.07) is 16.8. The first-order chi connectivity index (χ1) is 14.3. The zero-order valence-electron chi connectivity index (χ0n) is 18.5. The van der Waals surface area contributed by atoms with Crippen LogP contribution in [0.4, 0.5) is 5.69 Å². The van der Waals surface area contributed by atoms with Gasteiger partial charge >= 0.3 is 0 Å². The highest BCUT2D eigenvalue weighted by molar-refractivity contribution is 5.82. The van der Waals surface area contributed by atoms with Crippen molar-refractivity contribution in [1.82, 2.24) is 0 Å². The third kappa shape index (κ3) is 10.3. The van der Waals surface area contributed by atoms with E-state index in [4.69, 9.17) is 4.74 Å². The number of hydrogen-bond acceptors (Lipinski definition) is 2. The quantitative estimate of drug-likeness (QED) is 0.220. The van der Waals surface area contributed by atoms with Crippen LogP contribution in [0.2, 0.25) is 0 Å². The Bertz CT molecular complexity index is 673. The first-order valence-electron chi connectivity index (χ1n) is 11.7. The molecule has 29 heavy (non-hydrogen) atoms. The molecule has 2 aromatic carbocycles. The van der Waals surface area contributed by atoms with Gasteiger partial charge in [0.05, 0.1) is 12.3 Å². The summed E-state index contributed by atoms with van der Waals surface area (Å²) in [5.41, 5.74) is 3.52. The Morgan fingerprint density at radius 2 is 1.31 bits per heavy atom. The predicted molar refractivity (Wildman–Crippen MR) is 127 cm³/mol. The van der Waals surface area contributed by atoms with Gasteiger partial charge in [-0.1, -0.05) is 77.3 Å². The lowest BCUT2D eigenvalue weighted by atomic mass is 10.0. The monoisotopic (exact) mass is 393 g/mol. The molecule has 0 radical (unpaired) electrons. The number of benzene rings is 2. The van der Waals surface area contributed by atoms with E-state index in [9.17, 15) is 0 Å². The fraction of sp³-hybridized carbons (Fsp3) is 0.519. The highest BCUT2D eigenvalue weighted by Crippen LogP contribution is 2.17. The molecule has 0 saturated carbocycles. The first kappa shape index (κ1) is 23.2. The largest absolute Gasteiger partial charge is 0.494 e. The van der Waals surface area contributed by atoms with Gasteiger partial charge in [0.15, 0.2) is 0 Å². The van der Waals surface area contributed by atoms with E-state index in [0.717, 1.165) is 30.0 Å². The Hall–Kier alpha value is -2.09. The highest BCUT2D eigenvalue weighted by atomic mass is 16.5. The average molecular weight is 394 g/mol. The van der Waals surface area contributed by atoms with E-state index in [2.05, 4.69) is 43.1 Å². The molecule has 0 amide bonds. The van der Waals surface area contributed by atoms with Gasteiger partial charge in [0, 0.05) is 6.21 Å². The van der Waals surface area contributed by atoms with E-state index in [1.807, 2.05) is 30.5 Å². The number of rotatable bonds is 15. The number of hydrogen-bond donors (Lipinski definition) is 0. The molecule has 2 heteroatoms. The maximum atomic E-state index is 5.62. The van der Waals surface area contributed by atoms with Crippen LogP contribution in [-0.2, 0) is 6.42 Å². The zero-order chi connectivity index (χ0) is 20.6. The minimum Gasteiger partial charge on any atom is -0.494 e. The number of ether oxygens (including phenoxy) is 1. The van der Waals surface area contributed by atoms with Gasteiger partial charge in [-0.2, -0.15) is 0 Å². The molecule has 0 fully saturated rings. The summed E-state index contributed by atoms with van der Waals surface area (Å²) >= 11 is 0. The summed E-state index contributed by atoms with van der Waals surface area (Å²) in [6.07, 6.45) is 16.6. The second-order valence-corrected chi connectivity index (χ2v) is 7.92. The van der Waals surface area contributed by atoms with Crippen LogP contribution in [-0.4, -0.2) is 12.8 Å². The molecule has 2 nitrogen and oxygen atoms in total. The van der Waals surface area contributed by atoms with Crippen LogP contribution < -0.4 is 4.74 Å². The Balaban J connectivity index is 1.64. The smallest absolute Gasteiger partial charge is 0.119 e. The van der Waals surface area contributed by atoms with Crippen LogP contribution >= 0.6 is 0 Å². The molecule has 0 aliphatic carbocycles. The lowest BCUT2D eigenvalue weighted by molar-refractivity contribution is 0.317. The molecule has 0 atom stereocenters. The fourth-order valence-electron chi connectivity index (χ4n) is 3.41. The third-order valence-corrected chi connectivity index (χ3v) is 5.22. The van der Waals surface area contributed by atoms with E-state index in [1.54, 1.807) is 0 Å². The van der Waals surface area contributed by atoms with Crippen LogP contribution in [0.5, 0.6) is 5.75 Å². The summed E-state index contributed by atoms with van der Waals surface area (Å²) < 4.78 is 5.62. The number of nitrogens with zero attached hydrogens (tertiary/aromatic N) is 1. The number of unbranched alkanes of at least 4 members (excludes halogenated alkanes) is 8. The van der Waals surface area contributed by atoms with Crippen LogP contribution in [0, 0.1) is 0 Å². The molecule has 0 heterocycles. The Kier molecular flexibility index (Phi) is 11.9. The van der Waals surface area contributed by atoms with E-state index in [1.165, 1.54) is 69.8 Å². The van der Waals surface area contributed by atoms with Crippen molar-refractivity contribution in [2.24, 2.45) is 4.99 Å². The lowest BCUT2D eigenvalue weighted by Crippen LogP contribution is -1.94. The van der Waals surface area contributed by atoms with Gasteiger partial charge in [0.25, 0.3) is 0 Å². The van der Waals surface area contributed by atoms with E-state index in [0.29, 0.717) is 0 Å². The standard InChI is InChI=1S/C27H39NO/c1-3-5-6-7-8-9-10-11-12-13-24-14-18-26(19-15-24)28-23-25-16-20-27(21-17-25)29-22-4-2/h14-21,23H,3-13,22H2,1-2H3. The van der Waals surface area contributed by atoms with Crippen molar-refractivity contribution in [2.75, 3.05) is 6.61 Å². The summed E-state index contributed by atoms with van der Waals surface area (Å²) in [5.74, 6) is 0.921. The van der Waals surface area contributed by atoms with Crippen molar-refractivity contribution < 1.29 is 4.74 Å². The van der Waals surface area contributed by atoms with Gasteiger partial charge in [-0.25, -0.2) is 0 Å². The summed E-state index contributed by atoms with van der Waals surface area (Å²) in [4.78, 5) is 4.59. The molecule has 0 spiro atoms. The molecule has 0 unspecified atom stereocenters. The van der Waals surface area contributed by atoms with Crippen LogP contribution in [0.15, 0.2) is 53.5 Å². The third-order valence-electron chi connectivity index (χ3n) is 5.22. The SMILES string of the molecule is CCCCCCCCCCCc1ccc(N=Cc2ccc(OCCC)cc2)cc1. The van der Waals surface area contributed by atoms with Gasteiger partial charge in [-0.15, -0.1) is 0 Å². The summed E-state index contributed by atoms with van der Waals surface area (Å²) in [5, 5.41) is 0. The van der Waals surface area contributed by atoms with Gasteiger partial charge in [0.1, 0.15) is 5.75 Å². The number of aryl methyl sites for hydroxylation is 1. The van der Waals surface area contributed by atoms with E-state index < -0.39 is 0 Å².